The molecule has 0 aliphatic carbocycles. The lowest BCUT2D eigenvalue weighted by Crippen LogP contribution is -2.47. The van der Waals surface area contributed by atoms with Crippen LogP contribution in [0.2, 0.25) is 0 Å². The number of amides is 3. The van der Waals surface area contributed by atoms with Gasteiger partial charge in [0.1, 0.15) is 6.04 Å². The second-order valence-electron chi connectivity index (χ2n) is 6.55. The number of pyridine rings is 1. The zero-order valence-corrected chi connectivity index (χ0v) is 15.9. The normalized spacial score (nSPS) is 11.6. The van der Waals surface area contributed by atoms with E-state index in [0.717, 1.165) is 37.7 Å². The molecule has 1 rings (SSSR count). The van der Waals surface area contributed by atoms with Crippen molar-refractivity contribution in [3.8, 4) is 0 Å². The average molecular weight is 378 g/mol. The highest BCUT2D eigenvalue weighted by molar-refractivity contribution is 5.91. The summed E-state index contributed by atoms with van der Waals surface area (Å²) in [5, 5.41) is 5.22. The van der Waals surface area contributed by atoms with Crippen molar-refractivity contribution >= 4 is 17.7 Å². The van der Waals surface area contributed by atoms with Crippen LogP contribution in [0.1, 0.15) is 57.4 Å². The van der Waals surface area contributed by atoms with Crippen LogP contribution < -0.4 is 21.9 Å². The first-order valence-corrected chi connectivity index (χ1v) is 9.45. The SMILES string of the molecule is CCCCCCCC(=O)NC(CC(=O)NCCc1ccc(=O)[nH]c1)C(N)=O. The fourth-order valence-electron chi connectivity index (χ4n) is 2.58. The number of nitrogens with two attached hydrogens (primary N) is 1. The Kier molecular flexibility index (Phi) is 10.5. The van der Waals surface area contributed by atoms with Crippen LogP contribution in [0.25, 0.3) is 0 Å². The molecule has 0 aromatic carbocycles. The van der Waals surface area contributed by atoms with Crippen LogP contribution in [0.5, 0.6) is 0 Å². The second kappa shape index (κ2) is 12.7. The van der Waals surface area contributed by atoms with Gasteiger partial charge in [0.2, 0.25) is 23.3 Å². The van der Waals surface area contributed by atoms with Gasteiger partial charge < -0.3 is 21.4 Å². The van der Waals surface area contributed by atoms with Crippen molar-refractivity contribution in [2.24, 2.45) is 5.73 Å². The molecule has 0 aliphatic rings. The van der Waals surface area contributed by atoms with E-state index in [-0.39, 0.29) is 23.8 Å². The Morgan fingerprint density at radius 3 is 2.48 bits per heavy atom. The van der Waals surface area contributed by atoms with Crippen LogP contribution in [-0.4, -0.2) is 35.3 Å². The molecule has 0 aliphatic heterocycles. The van der Waals surface area contributed by atoms with Crippen LogP contribution in [0.15, 0.2) is 23.1 Å². The van der Waals surface area contributed by atoms with Crippen LogP contribution in [0, 0.1) is 0 Å². The van der Waals surface area contributed by atoms with E-state index >= 15 is 0 Å². The summed E-state index contributed by atoms with van der Waals surface area (Å²) in [6.45, 7) is 2.47. The van der Waals surface area contributed by atoms with E-state index < -0.39 is 11.9 Å². The highest BCUT2D eigenvalue weighted by Crippen LogP contribution is 2.05. The van der Waals surface area contributed by atoms with E-state index in [1.165, 1.54) is 6.07 Å². The van der Waals surface area contributed by atoms with Crippen molar-refractivity contribution in [2.45, 2.75) is 64.3 Å². The van der Waals surface area contributed by atoms with E-state index in [1.54, 1.807) is 12.3 Å². The molecule has 150 valence electrons. The van der Waals surface area contributed by atoms with Crippen LogP contribution in [-0.2, 0) is 20.8 Å². The Morgan fingerprint density at radius 1 is 1.11 bits per heavy atom. The molecule has 1 aromatic heterocycles. The Hall–Kier alpha value is -2.64. The predicted molar refractivity (Wildman–Crippen MR) is 103 cm³/mol. The summed E-state index contributed by atoms with van der Waals surface area (Å²) in [5.74, 6) is -1.37. The average Bonchev–Trinajstić information content (AvgIpc) is 2.62. The molecule has 3 amide bonds. The number of carbonyl (C=O) groups is 3. The molecule has 1 atom stereocenters. The van der Waals surface area contributed by atoms with Crippen molar-refractivity contribution in [1.29, 1.82) is 0 Å². The summed E-state index contributed by atoms with van der Waals surface area (Å²) in [6.07, 6.45) is 7.33. The third-order valence-corrected chi connectivity index (χ3v) is 4.16. The highest BCUT2D eigenvalue weighted by Gasteiger charge is 2.21. The van der Waals surface area contributed by atoms with Gasteiger partial charge in [-0.1, -0.05) is 38.7 Å². The van der Waals surface area contributed by atoms with E-state index in [2.05, 4.69) is 22.5 Å². The van der Waals surface area contributed by atoms with Gasteiger partial charge in [0.15, 0.2) is 0 Å². The molecule has 0 saturated heterocycles. The Balaban J connectivity index is 2.32. The minimum absolute atomic E-state index is 0.187. The summed E-state index contributed by atoms with van der Waals surface area (Å²) in [5.41, 5.74) is 5.98. The fourth-order valence-corrected chi connectivity index (χ4v) is 2.58. The smallest absolute Gasteiger partial charge is 0.247 e. The number of unbranched alkanes of at least 4 members (excludes halogenated alkanes) is 4. The molecular weight excluding hydrogens is 348 g/mol. The number of nitrogens with one attached hydrogen (secondary N) is 3. The Bertz CT molecular complexity index is 651. The molecule has 1 heterocycles. The van der Waals surface area contributed by atoms with E-state index in [0.29, 0.717) is 19.4 Å². The number of hydrogen-bond acceptors (Lipinski definition) is 4. The number of aromatic amines is 1. The molecule has 0 bridgehead atoms. The number of aromatic nitrogens is 1. The Labute approximate surface area is 159 Å². The van der Waals surface area contributed by atoms with E-state index in [4.69, 9.17) is 5.73 Å². The van der Waals surface area contributed by atoms with Crippen LogP contribution in [0.3, 0.4) is 0 Å². The first-order valence-electron chi connectivity index (χ1n) is 9.45. The van der Waals surface area contributed by atoms with Gasteiger partial charge in [-0.2, -0.15) is 0 Å². The standard InChI is InChI=1S/C19H30N4O4/c1-2-3-4-5-6-7-17(25)23-15(19(20)27)12-18(26)21-11-10-14-8-9-16(24)22-13-14/h8-9,13,15H,2-7,10-12H2,1H3,(H2,20,27)(H,21,26)(H,22,24)(H,23,25). The zero-order chi connectivity index (χ0) is 20.1. The summed E-state index contributed by atoms with van der Waals surface area (Å²) >= 11 is 0. The number of hydrogen-bond donors (Lipinski definition) is 4. The molecule has 27 heavy (non-hydrogen) atoms. The lowest BCUT2D eigenvalue weighted by atomic mass is 10.1. The van der Waals surface area contributed by atoms with Crippen molar-refractivity contribution in [3.05, 3.63) is 34.2 Å². The molecule has 0 saturated carbocycles. The molecule has 5 N–H and O–H groups in total. The third kappa shape index (κ3) is 10.2. The number of primary amides is 1. The van der Waals surface area contributed by atoms with E-state index in [1.807, 2.05) is 0 Å². The maximum Gasteiger partial charge on any atom is 0.247 e. The van der Waals surface area contributed by atoms with Gasteiger partial charge in [-0.3, -0.25) is 19.2 Å². The number of H-pyrrole nitrogens is 1. The monoisotopic (exact) mass is 378 g/mol. The maximum absolute atomic E-state index is 12.0. The predicted octanol–water partition coefficient (Wildman–Crippen LogP) is 0.754. The molecule has 1 unspecified atom stereocenters. The third-order valence-electron chi connectivity index (χ3n) is 4.16. The molecule has 0 spiro atoms. The van der Waals surface area contributed by atoms with E-state index in [9.17, 15) is 19.2 Å². The summed E-state index contributed by atoms with van der Waals surface area (Å²) in [6, 6.07) is 2.08. The Morgan fingerprint density at radius 2 is 1.85 bits per heavy atom. The van der Waals surface area contributed by atoms with Gasteiger partial charge in [0.25, 0.3) is 0 Å². The lowest BCUT2D eigenvalue weighted by molar-refractivity contribution is -0.130. The molecule has 1 aromatic rings. The second-order valence-corrected chi connectivity index (χ2v) is 6.55. The minimum Gasteiger partial charge on any atom is -0.368 e. The molecule has 8 heteroatoms. The number of carbonyl (C=O) groups excluding carboxylic acids is 3. The molecule has 0 radical (unpaired) electrons. The summed E-state index contributed by atoms with van der Waals surface area (Å²) in [4.78, 5) is 49.0. The van der Waals surface area contributed by atoms with Gasteiger partial charge in [0, 0.05) is 25.2 Å². The number of rotatable bonds is 13. The molecular formula is C19H30N4O4. The van der Waals surface area contributed by atoms with Crippen molar-refractivity contribution in [3.63, 3.8) is 0 Å². The highest BCUT2D eigenvalue weighted by atomic mass is 16.2. The fraction of sp³-hybridized carbons (Fsp3) is 0.579. The topological polar surface area (TPSA) is 134 Å². The van der Waals surface area contributed by atoms with Gasteiger partial charge in [-0.25, -0.2) is 0 Å². The zero-order valence-electron chi connectivity index (χ0n) is 15.9. The first kappa shape index (κ1) is 22.4. The minimum atomic E-state index is -1.01. The largest absolute Gasteiger partial charge is 0.368 e. The van der Waals surface area contributed by atoms with Crippen molar-refractivity contribution in [2.75, 3.05) is 6.54 Å². The van der Waals surface area contributed by atoms with Gasteiger partial charge in [-0.05, 0) is 18.4 Å². The maximum atomic E-state index is 12.0. The van der Waals surface area contributed by atoms with Crippen LogP contribution >= 0.6 is 0 Å². The summed E-state index contributed by atoms with van der Waals surface area (Å²) < 4.78 is 0. The molecule has 0 fully saturated rings. The van der Waals surface area contributed by atoms with Gasteiger partial charge in [0.05, 0.1) is 6.42 Å². The van der Waals surface area contributed by atoms with Crippen molar-refractivity contribution in [1.82, 2.24) is 15.6 Å². The lowest BCUT2D eigenvalue weighted by Gasteiger charge is -2.15. The van der Waals surface area contributed by atoms with Gasteiger partial charge in [-0.15, -0.1) is 0 Å². The van der Waals surface area contributed by atoms with Crippen molar-refractivity contribution < 1.29 is 14.4 Å². The quantitative estimate of drug-likeness (QED) is 0.377. The van der Waals surface area contributed by atoms with Gasteiger partial charge >= 0.3 is 0 Å². The summed E-state index contributed by atoms with van der Waals surface area (Å²) in [7, 11) is 0. The first-order chi connectivity index (χ1) is 12.9. The molecule has 8 nitrogen and oxygen atoms in total. The van der Waals surface area contributed by atoms with Crippen LogP contribution in [0.4, 0.5) is 0 Å².